The number of rotatable bonds is 3. The fraction of sp³-hybridized carbons (Fsp3) is 0.167. The Morgan fingerprint density at radius 1 is 1.44 bits per heavy atom. The molecular formula is C12H9ClF2N2O. The lowest BCUT2D eigenvalue weighted by molar-refractivity contribution is 0.0963. The van der Waals surface area contributed by atoms with Crippen LogP contribution in [0.3, 0.4) is 0 Å². The van der Waals surface area contributed by atoms with Gasteiger partial charge in [0.05, 0.1) is 16.3 Å². The van der Waals surface area contributed by atoms with E-state index in [1.807, 2.05) is 0 Å². The molecule has 0 saturated carbocycles. The average molecular weight is 271 g/mol. The molecule has 1 aromatic carbocycles. The molecule has 1 heterocycles. The fourth-order valence-electron chi connectivity index (χ4n) is 1.52. The zero-order chi connectivity index (χ0) is 13.3. The van der Waals surface area contributed by atoms with Crippen LogP contribution in [0.15, 0.2) is 24.4 Å². The molecule has 18 heavy (non-hydrogen) atoms. The van der Waals surface area contributed by atoms with Gasteiger partial charge in [-0.05, 0) is 19.1 Å². The minimum absolute atomic E-state index is 0.143. The second-order valence-corrected chi connectivity index (χ2v) is 4.21. The van der Waals surface area contributed by atoms with Crippen LogP contribution < -0.4 is 0 Å². The minimum Gasteiger partial charge on any atom is -0.292 e. The number of aromatic nitrogens is 2. The van der Waals surface area contributed by atoms with Crippen molar-refractivity contribution >= 4 is 17.4 Å². The lowest BCUT2D eigenvalue weighted by Gasteiger charge is -2.03. The highest BCUT2D eigenvalue weighted by atomic mass is 35.5. The number of carbonyl (C=O) groups excluding carboxylic acids is 1. The van der Waals surface area contributed by atoms with Crippen molar-refractivity contribution in [1.29, 1.82) is 0 Å². The van der Waals surface area contributed by atoms with Gasteiger partial charge in [0, 0.05) is 12.3 Å². The van der Waals surface area contributed by atoms with Crippen molar-refractivity contribution in [3.8, 4) is 0 Å². The molecule has 0 atom stereocenters. The SMILES string of the molecule is Cc1nn(CC(=O)c2ccc(F)cc2F)cc1Cl. The summed E-state index contributed by atoms with van der Waals surface area (Å²) in [5.74, 6) is -2.09. The summed E-state index contributed by atoms with van der Waals surface area (Å²) in [5, 5.41) is 4.42. The Morgan fingerprint density at radius 2 is 2.17 bits per heavy atom. The van der Waals surface area contributed by atoms with E-state index < -0.39 is 17.4 Å². The highest BCUT2D eigenvalue weighted by Crippen LogP contribution is 2.14. The van der Waals surface area contributed by atoms with E-state index in [0.717, 1.165) is 12.1 Å². The third kappa shape index (κ3) is 2.56. The quantitative estimate of drug-likeness (QED) is 0.804. The standard InChI is InChI=1S/C12H9ClF2N2O/c1-7-10(13)5-17(16-7)6-12(18)9-3-2-8(14)4-11(9)15/h2-5H,6H2,1H3. The first kappa shape index (κ1) is 12.7. The molecule has 0 amide bonds. The Morgan fingerprint density at radius 3 is 2.72 bits per heavy atom. The van der Waals surface area contributed by atoms with Gasteiger partial charge in [-0.2, -0.15) is 5.10 Å². The maximum atomic E-state index is 13.4. The van der Waals surface area contributed by atoms with Crippen LogP contribution in [0.4, 0.5) is 8.78 Å². The van der Waals surface area contributed by atoms with Crippen LogP contribution in [-0.4, -0.2) is 15.6 Å². The smallest absolute Gasteiger partial charge is 0.187 e. The average Bonchev–Trinajstić information content (AvgIpc) is 2.57. The van der Waals surface area contributed by atoms with Crippen molar-refractivity contribution in [2.75, 3.05) is 0 Å². The molecule has 0 aliphatic rings. The maximum Gasteiger partial charge on any atom is 0.187 e. The third-order valence-corrected chi connectivity index (χ3v) is 2.79. The second kappa shape index (κ2) is 4.86. The summed E-state index contributed by atoms with van der Waals surface area (Å²) in [6, 6.07) is 2.83. The Bertz CT molecular complexity index is 591. The normalized spacial score (nSPS) is 10.7. The van der Waals surface area contributed by atoms with Crippen LogP contribution in [0.5, 0.6) is 0 Å². The van der Waals surface area contributed by atoms with Gasteiger partial charge >= 0.3 is 0 Å². The topological polar surface area (TPSA) is 34.9 Å². The van der Waals surface area contributed by atoms with E-state index in [2.05, 4.69) is 5.10 Å². The first-order valence-corrected chi connectivity index (χ1v) is 5.53. The molecule has 0 N–H and O–H groups in total. The van der Waals surface area contributed by atoms with E-state index >= 15 is 0 Å². The van der Waals surface area contributed by atoms with Gasteiger partial charge in [0.2, 0.25) is 0 Å². The van der Waals surface area contributed by atoms with Gasteiger partial charge in [0.1, 0.15) is 18.2 Å². The number of aryl methyl sites for hydroxylation is 1. The van der Waals surface area contributed by atoms with Gasteiger partial charge in [-0.15, -0.1) is 0 Å². The fourth-order valence-corrected chi connectivity index (χ4v) is 1.67. The van der Waals surface area contributed by atoms with Crippen molar-refractivity contribution in [2.45, 2.75) is 13.5 Å². The number of hydrogen-bond acceptors (Lipinski definition) is 2. The predicted molar refractivity (Wildman–Crippen MR) is 62.7 cm³/mol. The first-order chi connectivity index (χ1) is 8.47. The number of halogens is 3. The highest BCUT2D eigenvalue weighted by Gasteiger charge is 2.14. The molecule has 0 saturated heterocycles. The number of hydrogen-bond donors (Lipinski definition) is 0. The van der Waals surface area contributed by atoms with Gasteiger partial charge in [-0.1, -0.05) is 11.6 Å². The molecule has 0 aliphatic carbocycles. The zero-order valence-corrected chi connectivity index (χ0v) is 10.2. The van der Waals surface area contributed by atoms with Crippen molar-refractivity contribution < 1.29 is 13.6 Å². The van der Waals surface area contributed by atoms with Gasteiger partial charge in [0.15, 0.2) is 5.78 Å². The minimum atomic E-state index is -0.880. The number of ketones is 1. The molecule has 0 radical (unpaired) electrons. The number of nitrogens with zero attached hydrogens (tertiary/aromatic N) is 2. The van der Waals surface area contributed by atoms with Crippen LogP contribution in [0.1, 0.15) is 16.1 Å². The summed E-state index contributed by atoms with van der Waals surface area (Å²) >= 11 is 5.79. The molecule has 0 fully saturated rings. The monoisotopic (exact) mass is 270 g/mol. The van der Waals surface area contributed by atoms with Gasteiger partial charge in [-0.25, -0.2) is 8.78 Å². The largest absolute Gasteiger partial charge is 0.292 e. The first-order valence-electron chi connectivity index (χ1n) is 5.15. The second-order valence-electron chi connectivity index (χ2n) is 3.81. The van der Waals surface area contributed by atoms with Crippen LogP contribution in [0, 0.1) is 18.6 Å². The predicted octanol–water partition coefficient (Wildman–Crippen LogP) is 3.01. The van der Waals surface area contributed by atoms with Crippen molar-refractivity contribution in [1.82, 2.24) is 9.78 Å². The molecule has 0 aliphatic heterocycles. The van der Waals surface area contributed by atoms with Crippen LogP contribution in [-0.2, 0) is 6.54 Å². The molecule has 2 rings (SSSR count). The number of benzene rings is 1. The summed E-state index contributed by atoms with van der Waals surface area (Å²) < 4.78 is 27.4. The summed E-state index contributed by atoms with van der Waals surface area (Å²) in [6.45, 7) is 1.55. The van der Waals surface area contributed by atoms with Crippen LogP contribution >= 0.6 is 11.6 Å². The van der Waals surface area contributed by atoms with Crippen molar-refractivity contribution in [3.05, 3.63) is 52.3 Å². The Hall–Kier alpha value is -1.75. The molecule has 1 aromatic heterocycles. The van der Waals surface area contributed by atoms with Crippen LogP contribution in [0.25, 0.3) is 0 Å². The van der Waals surface area contributed by atoms with E-state index in [9.17, 15) is 13.6 Å². The Balaban J connectivity index is 2.22. The van der Waals surface area contributed by atoms with E-state index in [0.29, 0.717) is 16.8 Å². The van der Waals surface area contributed by atoms with E-state index in [1.165, 1.54) is 10.9 Å². The maximum absolute atomic E-state index is 13.4. The van der Waals surface area contributed by atoms with E-state index in [1.54, 1.807) is 6.92 Å². The molecule has 94 valence electrons. The summed E-state index contributed by atoms with van der Waals surface area (Å²) in [4.78, 5) is 11.8. The Labute approximate surface area is 107 Å². The van der Waals surface area contributed by atoms with Gasteiger partial charge in [-0.3, -0.25) is 9.48 Å². The Kier molecular flexibility index (Phi) is 3.43. The lowest BCUT2D eigenvalue weighted by atomic mass is 10.1. The summed E-state index contributed by atoms with van der Waals surface area (Å²) in [5.41, 5.74) is 0.421. The van der Waals surface area contributed by atoms with E-state index in [-0.39, 0.29) is 12.1 Å². The molecule has 0 bridgehead atoms. The summed E-state index contributed by atoms with van der Waals surface area (Å²) in [7, 11) is 0. The van der Waals surface area contributed by atoms with Crippen molar-refractivity contribution in [3.63, 3.8) is 0 Å². The van der Waals surface area contributed by atoms with Gasteiger partial charge < -0.3 is 0 Å². The van der Waals surface area contributed by atoms with Crippen molar-refractivity contribution in [2.24, 2.45) is 0 Å². The molecular weight excluding hydrogens is 262 g/mol. The van der Waals surface area contributed by atoms with Gasteiger partial charge in [0.25, 0.3) is 0 Å². The molecule has 2 aromatic rings. The molecule has 0 unspecified atom stereocenters. The molecule has 3 nitrogen and oxygen atoms in total. The number of carbonyl (C=O) groups is 1. The van der Waals surface area contributed by atoms with E-state index in [4.69, 9.17) is 11.6 Å². The molecule has 0 spiro atoms. The zero-order valence-electron chi connectivity index (χ0n) is 9.45. The lowest BCUT2D eigenvalue weighted by Crippen LogP contribution is -2.12. The summed E-state index contributed by atoms with van der Waals surface area (Å²) in [6.07, 6.45) is 1.48. The third-order valence-electron chi connectivity index (χ3n) is 2.42. The number of Topliss-reactive ketones (excluding diaryl/α,β-unsaturated/α-hetero) is 1. The highest BCUT2D eigenvalue weighted by molar-refractivity contribution is 6.31. The molecule has 6 heteroatoms. The van der Waals surface area contributed by atoms with Crippen LogP contribution in [0.2, 0.25) is 5.02 Å².